The second-order valence-corrected chi connectivity index (χ2v) is 3.91. The van der Waals surface area contributed by atoms with Gasteiger partial charge in [0.15, 0.2) is 0 Å². The van der Waals surface area contributed by atoms with Crippen LogP contribution in [-0.2, 0) is 4.79 Å². The average Bonchev–Trinajstić information content (AvgIpc) is 2.29. The maximum absolute atomic E-state index is 11.8. The predicted octanol–water partition coefficient (Wildman–Crippen LogP) is 2.88. The normalized spacial score (nSPS) is 16.3. The molecule has 0 atom stereocenters. The van der Waals surface area contributed by atoms with E-state index in [1.54, 1.807) is 0 Å². The van der Waals surface area contributed by atoms with Gasteiger partial charge in [0.25, 0.3) is 5.91 Å². The second-order valence-electron chi connectivity index (χ2n) is 3.91. The largest absolute Gasteiger partial charge is 0.326 e. The molecule has 2 nitrogen and oxygen atoms in total. The zero-order valence-electron chi connectivity index (χ0n) is 9.42. The van der Waals surface area contributed by atoms with E-state index in [1.807, 2.05) is 37.3 Å². The van der Waals surface area contributed by atoms with Crippen LogP contribution in [0, 0.1) is 0 Å². The molecule has 2 rings (SSSR count). The number of nitrogens with one attached hydrogen (secondary N) is 1. The van der Waals surface area contributed by atoms with E-state index in [9.17, 15) is 4.79 Å². The maximum Gasteiger partial charge on any atom is 0.251 e. The molecule has 1 amide bonds. The molecule has 0 spiro atoms. The van der Waals surface area contributed by atoms with Gasteiger partial charge < -0.3 is 5.32 Å². The molecule has 16 heavy (non-hydrogen) atoms. The number of carbonyl (C=O) groups excluding carboxylic acids is 1. The minimum absolute atomic E-state index is 0.00222. The van der Waals surface area contributed by atoms with Crippen molar-refractivity contribution in [2.24, 2.45) is 0 Å². The summed E-state index contributed by atoms with van der Waals surface area (Å²) in [7, 11) is 0. The van der Waals surface area contributed by atoms with Crippen LogP contribution in [0.3, 0.4) is 0 Å². The van der Waals surface area contributed by atoms with Gasteiger partial charge >= 0.3 is 0 Å². The molecule has 0 saturated carbocycles. The summed E-state index contributed by atoms with van der Waals surface area (Å²) in [6.45, 7) is 5.85. The first-order valence-corrected chi connectivity index (χ1v) is 5.49. The van der Waals surface area contributed by atoms with Crippen molar-refractivity contribution < 1.29 is 4.79 Å². The van der Waals surface area contributed by atoms with Crippen LogP contribution in [0.2, 0.25) is 0 Å². The molecule has 1 aromatic carbocycles. The molecule has 1 aliphatic rings. The second kappa shape index (κ2) is 4.35. The molecule has 0 unspecified atom stereocenters. The van der Waals surface area contributed by atoms with E-state index in [2.05, 4.69) is 11.9 Å². The van der Waals surface area contributed by atoms with E-state index in [1.165, 1.54) is 0 Å². The first kappa shape index (κ1) is 10.7. The van der Waals surface area contributed by atoms with Crippen LogP contribution >= 0.6 is 0 Å². The Kier molecular flexibility index (Phi) is 2.91. The maximum atomic E-state index is 11.8. The van der Waals surface area contributed by atoms with Gasteiger partial charge in [0, 0.05) is 17.7 Å². The van der Waals surface area contributed by atoms with Crippen molar-refractivity contribution >= 4 is 11.5 Å². The Morgan fingerprint density at radius 2 is 2.00 bits per heavy atom. The smallest absolute Gasteiger partial charge is 0.251 e. The van der Waals surface area contributed by atoms with Crippen molar-refractivity contribution in [2.45, 2.75) is 19.8 Å². The highest BCUT2D eigenvalue weighted by Gasteiger charge is 2.21. The summed E-state index contributed by atoms with van der Waals surface area (Å²) in [4.78, 5) is 11.8. The monoisotopic (exact) mass is 213 g/mol. The Morgan fingerprint density at radius 1 is 1.31 bits per heavy atom. The van der Waals surface area contributed by atoms with Gasteiger partial charge in [-0.05, 0) is 17.6 Å². The van der Waals surface area contributed by atoms with Crippen molar-refractivity contribution in [3.63, 3.8) is 0 Å². The summed E-state index contributed by atoms with van der Waals surface area (Å²) < 4.78 is 0. The highest BCUT2D eigenvalue weighted by atomic mass is 16.1. The minimum Gasteiger partial charge on any atom is -0.326 e. The third-order valence-electron chi connectivity index (χ3n) is 2.79. The van der Waals surface area contributed by atoms with E-state index < -0.39 is 0 Å². The summed E-state index contributed by atoms with van der Waals surface area (Å²) in [6.07, 6.45) is 1.49. The number of benzene rings is 1. The van der Waals surface area contributed by atoms with Gasteiger partial charge in [0.05, 0.1) is 0 Å². The lowest BCUT2D eigenvalue weighted by Crippen LogP contribution is -2.28. The molecular weight excluding hydrogens is 198 g/mol. The molecule has 0 saturated heterocycles. The van der Waals surface area contributed by atoms with Crippen LogP contribution in [0.15, 0.2) is 48.2 Å². The molecule has 0 radical (unpaired) electrons. The summed E-state index contributed by atoms with van der Waals surface area (Å²) >= 11 is 0. The van der Waals surface area contributed by atoms with Crippen LogP contribution in [0.4, 0.5) is 0 Å². The van der Waals surface area contributed by atoms with Crippen molar-refractivity contribution in [1.29, 1.82) is 0 Å². The lowest BCUT2D eigenvalue weighted by Gasteiger charge is -2.21. The number of hydrogen-bond acceptors (Lipinski definition) is 1. The van der Waals surface area contributed by atoms with Crippen LogP contribution in [0.25, 0.3) is 5.57 Å². The quantitative estimate of drug-likeness (QED) is 0.804. The van der Waals surface area contributed by atoms with Gasteiger partial charge in [-0.25, -0.2) is 0 Å². The van der Waals surface area contributed by atoms with Crippen LogP contribution in [0.1, 0.15) is 25.3 Å². The third-order valence-corrected chi connectivity index (χ3v) is 2.79. The summed E-state index contributed by atoms with van der Waals surface area (Å²) in [5.74, 6) is -0.00222. The predicted molar refractivity (Wildman–Crippen MR) is 65.6 cm³/mol. The zero-order valence-corrected chi connectivity index (χ0v) is 9.42. The number of allylic oxidation sites excluding steroid dienone is 1. The lowest BCUT2D eigenvalue weighted by atomic mass is 9.91. The van der Waals surface area contributed by atoms with Gasteiger partial charge in [-0.1, -0.05) is 43.8 Å². The Balaban J connectivity index is 2.50. The third kappa shape index (κ3) is 1.91. The van der Waals surface area contributed by atoms with Crippen LogP contribution < -0.4 is 5.32 Å². The van der Waals surface area contributed by atoms with E-state index in [4.69, 9.17) is 0 Å². The van der Waals surface area contributed by atoms with Gasteiger partial charge in [-0.2, -0.15) is 0 Å². The number of amides is 1. The molecule has 0 aliphatic carbocycles. The standard InChI is InChI=1S/C14H15NO/c1-3-12-13(9-10(2)15-14(12)16)11-7-5-4-6-8-11/h4-8H,2-3,9H2,1H3,(H,15,16). The first-order chi connectivity index (χ1) is 7.72. The highest BCUT2D eigenvalue weighted by Crippen LogP contribution is 2.29. The Morgan fingerprint density at radius 3 is 2.62 bits per heavy atom. The van der Waals surface area contributed by atoms with E-state index >= 15 is 0 Å². The van der Waals surface area contributed by atoms with Gasteiger partial charge in [0.2, 0.25) is 0 Å². The number of carbonyl (C=O) groups is 1. The molecule has 2 heteroatoms. The Bertz CT molecular complexity index is 457. The minimum atomic E-state index is -0.00222. The van der Waals surface area contributed by atoms with Crippen molar-refractivity contribution in [3.05, 3.63) is 53.7 Å². The van der Waals surface area contributed by atoms with Crippen molar-refractivity contribution in [3.8, 4) is 0 Å². The number of rotatable bonds is 2. The van der Waals surface area contributed by atoms with E-state index in [-0.39, 0.29) is 5.91 Å². The van der Waals surface area contributed by atoms with Crippen molar-refractivity contribution in [1.82, 2.24) is 5.32 Å². The van der Waals surface area contributed by atoms with Gasteiger partial charge in [0.1, 0.15) is 0 Å². The number of hydrogen-bond donors (Lipinski definition) is 1. The fraction of sp³-hybridized carbons (Fsp3) is 0.214. The van der Waals surface area contributed by atoms with E-state index in [0.29, 0.717) is 0 Å². The topological polar surface area (TPSA) is 29.1 Å². The molecule has 0 bridgehead atoms. The van der Waals surface area contributed by atoms with Gasteiger partial charge in [-0.3, -0.25) is 4.79 Å². The molecular formula is C14H15NO. The molecule has 1 N–H and O–H groups in total. The Labute approximate surface area is 95.7 Å². The molecule has 1 aliphatic heterocycles. The van der Waals surface area contributed by atoms with Crippen LogP contribution in [-0.4, -0.2) is 5.91 Å². The molecule has 0 fully saturated rings. The molecule has 82 valence electrons. The zero-order chi connectivity index (χ0) is 11.5. The Hall–Kier alpha value is -1.83. The summed E-state index contributed by atoms with van der Waals surface area (Å²) in [5, 5.41) is 2.79. The van der Waals surface area contributed by atoms with Gasteiger partial charge in [-0.15, -0.1) is 0 Å². The molecule has 1 aromatic rings. The highest BCUT2D eigenvalue weighted by molar-refractivity contribution is 6.04. The molecule has 1 heterocycles. The van der Waals surface area contributed by atoms with E-state index in [0.717, 1.165) is 35.2 Å². The van der Waals surface area contributed by atoms with Crippen molar-refractivity contribution in [2.75, 3.05) is 0 Å². The molecule has 0 aromatic heterocycles. The SMILES string of the molecule is C=C1CC(c2ccccc2)=C(CC)C(=O)N1. The summed E-state index contributed by atoms with van der Waals surface area (Å²) in [6, 6.07) is 10.0. The first-order valence-electron chi connectivity index (χ1n) is 5.49. The fourth-order valence-corrected chi connectivity index (χ4v) is 2.03. The fourth-order valence-electron chi connectivity index (χ4n) is 2.03. The average molecular weight is 213 g/mol. The lowest BCUT2D eigenvalue weighted by molar-refractivity contribution is -0.117. The summed E-state index contributed by atoms with van der Waals surface area (Å²) in [5.41, 5.74) is 3.88. The van der Waals surface area contributed by atoms with Crippen LogP contribution in [0.5, 0.6) is 0 Å².